The zero-order valence-corrected chi connectivity index (χ0v) is 31.1. The molecule has 290 valence electrons. The SMILES string of the molecule is CCCNC(=O)CCN1C(=O)CC(SCCC(=O)NCCCC[C@H](CC(=O)C(C)(C)NC(=O)[C@@H](N)Cc2cnc[nH]2)C(=O)C[C@@H](CO)C(N)=O)C1=O. The van der Waals surface area contributed by atoms with Gasteiger partial charge < -0.3 is 37.5 Å². The third kappa shape index (κ3) is 14.8. The van der Waals surface area contributed by atoms with Crippen LogP contribution in [0.3, 0.4) is 0 Å². The molecule has 0 saturated carbocycles. The molecule has 1 aliphatic rings. The van der Waals surface area contributed by atoms with E-state index < -0.39 is 58.7 Å². The standard InChI is InChI=1S/C34H54N8O9S/c1-4-10-38-28(46)8-12-42-30(48)17-26(33(42)51)52-13-9-29(47)39-11-6-5-7-21(25(44)14-22(19-43)31(36)49)15-27(45)34(2,3)41-32(50)24(35)16-23-18-37-20-40-23/h18,20-22,24,26,43H,4-17,19,35H2,1-3H3,(H2,36,49)(H,37,40)(H,38,46)(H,39,47)(H,41,50)/t21-,22+,24+,26?/m1/s1. The lowest BCUT2D eigenvalue weighted by Gasteiger charge is -2.28. The molecule has 1 aliphatic heterocycles. The van der Waals surface area contributed by atoms with Gasteiger partial charge in [0, 0.05) is 81.7 Å². The van der Waals surface area contributed by atoms with Gasteiger partial charge in [-0.3, -0.25) is 43.3 Å². The van der Waals surface area contributed by atoms with E-state index in [-0.39, 0.29) is 81.7 Å². The van der Waals surface area contributed by atoms with Crippen molar-refractivity contribution in [3.63, 3.8) is 0 Å². The molecule has 1 unspecified atom stereocenters. The molecular formula is C34H54N8O9S. The molecule has 9 N–H and O–H groups in total. The fraction of sp³-hybridized carbons (Fsp3) is 0.676. The number of imidazole rings is 1. The van der Waals surface area contributed by atoms with Gasteiger partial charge in [0.1, 0.15) is 5.78 Å². The number of Topliss-reactive ketones (excluding diaryl/α,β-unsaturated/α-hetero) is 2. The van der Waals surface area contributed by atoms with Crippen molar-refractivity contribution in [1.82, 2.24) is 30.8 Å². The van der Waals surface area contributed by atoms with Crippen LogP contribution >= 0.6 is 11.8 Å². The summed E-state index contributed by atoms with van der Waals surface area (Å²) in [5.41, 5.74) is 10.6. The van der Waals surface area contributed by atoms with E-state index >= 15 is 0 Å². The number of rotatable bonds is 26. The van der Waals surface area contributed by atoms with Crippen molar-refractivity contribution in [3.8, 4) is 0 Å². The average molecular weight is 751 g/mol. The Hall–Kier alpha value is -4.16. The van der Waals surface area contributed by atoms with Crippen molar-refractivity contribution in [1.29, 1.82) is 0 Å². The van der Waals surface area contributed by atoms with Crippen molar-refractivity contribution < 1.29 is 43.5 Å². The summed E-state index contributed by atoms with van der Waals surface area (Å²) in [6, 6.07) is -0.958. The molecule has 1 aromatic heterocycles. The van der Waals surface area contributed by atoms with E-state index in [9.17, 15) is 43.5 Å². The van der Waals surface area contributed by atoms with E-state index in [2.05, 4.69) is 25.9 Å². The largest absolute Gasteiger partial charge is 0.396 e. The number of nitrogens with zero attached hydrogens (tertiary/aromatic N) is 2. The van der Waals surface area contributed by atoms with Gasteiger partial charge in [0.25, 0.3) is 0 Å². The number of carbonyl (C=O) groups is 8. The second-order valence-corrected chi connectivity index (χ2v) is 14.7. The molecule has 0 spiro atoms. The molecule has 4 atom stereocenters. The Balaban J connectivity index is 1.83. The number of hydrogen-bond donors (Lipinski definition) is 7. The maximum Gasteiger partial charge on any atom is 0.242 e. The smallest absolute Gasteiger partial charge is 0.242 e. The molecule has 6 amide bonds. The highest BCUT2D eigenvalue weighted by Gasteiger charge is 2.39. The molecule has 1 saturated heterocycles. The molecule has 2 rings (SSSR count). The Bertz CT molecular complexity index is 1400. The van der Waals surface area contributed by atoms with Gasteiger partial charge in [0.2, 0.25) is 35.4 Å². The second kappa shape index (κ2) is 22.0. The molecule has 1 fully saturated rings. The topological polar surface area (TPSA) is 277 Å². The first-order chi connectivity index (χ1) is 24.6. The third-order valence-electron chi connectivity index (χ3n) is 8.71. The predicted molar refractivity (Wildman–Crippen MR) is 192 cm³/mol. The summed E-state index contributed by atoms with van der Waals surface area (Å²) in [4.78, 5) is 108. The van der Waals surface area contributed by atoms with Gasteiger partial charge in [0.05, 0.1) is 35.7 Å². The van der Waals surface area contributed by atoms with E-state index in [1.165, 1.54) is 38.1 Å². The van der Waals surface area contributed by atoms with E-state index in [1.54, 1.807) is 0 Å². The van der Waals surface area contributed by atoms with Crippen LogP contribution in [0.1, 0.15) is 84.3 Å². The number of primary amides is 1. The molecule has 17 nitrogen and oxygen atoms in total. The molecule has 0 aromatic carbocycles. The van der Waals surface area contributed by atoms with Gasteiger partial charge in [-0.1, -0.05) is 13.3 Å². The first-order valence-electron chi connectivity index (χ1n) is 17.6. The number of nitrogens with two attached hydrogens (primary N) is 2. The molecule has 2 heterocycles. The summed E-state index contributed by atoms with van der Waals surface area (Å²) >= 11 is 1.22. The van der Waals surface area contributed by atoms with Crippen molar-refractivity contribution in [2.24, 2.45) is 23.3 Å². The highest BCUT2D eigenvalue weighted by atomic mass is 32.2. The van der Waals surface area contributed by atoms with Crippen LogP contribution in [-0.4, -0.2) is 116 Å². The summed E-state index contributed by atoms with van der Waals surface area (Å²) in [7, 11) is 0. The van der Waals surface area contributed by atoms with Crippen LogP contribution in [0.5, 0.6) is 0 Å². The summed E-state index contributed by atoms with van der Waals surface area (Å²) in [5.74, 6) is -5.06. The second-order valence-electron chi connectivity index (χ2n) is 13.4. The lowest BCUT2D eigenvalue weighted by molar-refractivity contribution is -0.138. The number of imide groups is 1. The number of hydrogen-bond acceptors (Lipinski definition) is 12. The minimum atomic E-state index is -1.37. The normalized spacial score (nSPS) is 16.2. The fourth-order valence-electron chi connectivity index (χ4n) is 5.43. The van der Waals surface area contributed by atoms with E-state index in [1.807, 2.05) is 6.92 Å². The highest BCUT2D eigenvalue weighted by Crippen LogP contribution is 2.26. The quantitative estimate of drug-likeness (QED) is 0.0456. The van der Waals surface area contributed by atoms with Crippen LogP contribution in [0.4, 0.5) is 0 Å². The van der Waals surface area contributed by atoms with Gasteiger partial charge in [-0.25, -0.2) is 4.98 Å². The minimum absolute atomic E-state index is 0.0195. The summed E-state index contributed by atoms with van der Waals surface area (Å²) in [6.07, 6.45) is 4.67. The number of ketones is 2. The molecular weight excluding hydrogens is 696 g/mol. The Morgan fingerprint density at radius 3 is 2.38 bits per heavy atom. The van der Waals surface area contributed by atoms with Crippen LogP contribution in [-0.2, 0) is 44.8 Å². The monoisotopic (exact) mass is 750 g/mol. The molecule has 1 aromatic rings. The number of aliphatic hydroxyl groups is 1. The first-order valence-corrected chi connectivity index (χ1v) is 18.6. The molecule has 0 radical (unpaired) electrons. The molecule has 0 aliphatic carbocycles. The molecule has 52 heavy (non-hydrogen) atoms. The van der Waals surface area contributed by atoms with Gasteiger partial charge in [-0.15, -0.1) is 11.8 Å². The van der Waals surface area contributed by atoms with Crippen LogP contribution in [0, 0.1) is 11.8 Å². The van der Waals surface area contributed by atoms with Crippen LogP contribution in [0.2, 0.25) is 0 Å². The summed E-state index contributed by atoms with van der Waals surface area (Å²) in [6.45, 7) is 5.15. The lowest BCUT2D eigenvalue weighted by Crippen LogP contribution is -2.55. The van der Waals surface area contributed by atoms with Crippen LogP contribution < -0.4 is 27.4 Å². The zero-order chi connectivity index (χ0) is 38.8. The predicted octanol–water partition coefficient (Wildman–Crippen LogP) is -0.744. The van der Waals surface area contributed by atoms with Crippen molar-refractivity contribution >= 4 is 58.8 Å². The number of unbranched alkanes of at least 4 members (excludes halogenated alkanes) is 1. The van der Waals surface area contributed by atoms with Crippen molar-refractivity contribution in [2.45, 2.75) is 102 Å². The van der Waals surface area contributed by atoms with Crippen molar-refractivity contribution in [3.05, 3.63) is 18.2 Å². The van der Waals surface area contributed by atoms with Crippen molar-refractivity contribution in [2.75, 3.05) is 32.0 Å². The number of thioether (sulfide) groups is 1. The number of H-pyrrole nitrogens is 1. The number of nitrogens with one attached hydrogen (secondary N) is 4. The Kier molecular flexibility index (Phi) is 18.6. The van der Waals surface area contributed by atoms with E-state index in [0.29, 0.717) is 30.8 Å². The Morgan fingerprint density at radius 1 is 1.06 bits per heavy atom. The van der Waals surface area contributed by atoms with Gasteiger partial charge in [0.15, 0.2) is 5.78 Å². The highest BCUT2D eigenvalue weighted by molar-refractivity contribution is 8.00. The number of aliphatic hydroxyl groups excluding tert-OH is 1. The number of aromatic nitrogens is 2. The number of carbonyl (C=O) groups excluding carboxylic acids is 8. The van der Waals surface area contributed by atoms with Gasteiger partial charge in [-0.2, -0.15) is 0 Å². The summed E-state index contributed by atoms with van der Waals surface area (Å²) in [5, 5.41) is 17.1. The minimum Gasteiger partial charge on any atom is -0.396 e. The average Bonchev–Trinajstić information content (AvgIpc) is 3.70. The van der Waals surface area contributed by atoms with Crippen LogP contribution in [0.15, 0.2) is 12.5 Å². The summed E-state index contributed by atoms with van der Waals surface area (Å²) < 4.78 is 0. The zero-order valence-electron chi connectivity index (χ0n) is 30.2. The molecule has 18 heteroatoms. The van der Waals surface area contributed by atoms with E-state index in [0.717, 1.165) is 11.3 Å². The molecule has 0 bridgehead atoms. The van der Waals surface area contributed by atoms with E-state index in [4.69, 9.17) is 11.5 Å². The lowest BCUT2D eigenvalue weighted by atomic mass is 9.83. The Labute approximate surface area is 307 Å². The number of aromatic amines is 1. The number of amides is 6. The number of likely N-dealkylation sites (tertiary alicyclic amines) is 1. The first kappa shape index (κ1) is 44.0. The fourth-order valence-corrected chi connectivity index (χ4v) is 6.54. The van der Waals surface area contributed by atoms with Crippen LogP contribution in [0.25, 0.3) is 0 Å². The van der Waals surface area contributed by atoms with Gasteiger partial charge in [-0.05, 0) is 33.1 Å². The third-order valence-corrected chi connectivity index (χ3v) is 9.92. The Morgan fingerprint density at radius 2 is 1.75 bits per heavy atom. The maximum atomic E-state index is 13.4. The van der Waals surface area contributed by atoms with Gasteiger partial charge >= 0.3 is 0 Å². The maximum absolute atomic E-state index is 13.4.